The van der Waals surface area contributed by atoms with Gasteiger partial charge in [0.25, 0.3) is 0 Å². The fourth-order valence-corrected chi connectivity index (χ4v) is 1.85. The first kappa shape index (κ1) is 12.4. The Morgan fingerprint density at radius 3 is 2.61 bits per heavy atom. The lowest BCUT2D eigenvalue weighted by molar-refractivity contribution is -0.385. The molecule has 18 heavy (non-hydrogen) atoms. The van der Waals surface area contributed by atoms with Crippen LogP contribution in [0.5, 0.6) is 11.5 Å². The first-order valence-corrected chi connectivity index (χ1v) is 5.32. The van der Waals surface area contributed by atoms with Crippen LogP contribution in [0, 0.1) is 10.1 Å². The Balaban J connectivity index is 2.92. The summed E-state index contributed by atoms with van der Waals surface area (Å²) >= 11 is 5.80. The standard InChI is InChI=1S/C11H9ClN2O4/c1-17-8-5-7(14(15)16)11(18-2)10-6(8)3-4-9(12)13-10/h3-5H,1-2H3. The van der Waals surface area contributed by atoms with Crippen molar-refractivity contribution in [2.75, 3.05) is 14.2 Å². The Morgan fingerprint density at radius 2 is 2.06 bits per heavy atom. The van der Waals surface area contributed by atoms with E-state index < -0.39 is 4.92 Å². The minimum absolute atomic E-state index is 0.0679. The van der Waals surface area contributed by atoms with Crippen molar-refractivity contribution in [3.05, 3.63) is 33.5 Å². The van der Waals surface area contributed by atoms with Crippen molar-refractivity contribution in [2.24, 2.45) is 0 Å². The van der Waals surface area contributed by atoms with Gasteiger partial charge in [-0.2, -0.15) is 0 Å². The minimum Gasteiger partial charge on any atom is -0.496 e. The molecule has 2 aromatic rings. The molecule has 0 unspecified atom stereocenters. The summed E-state index contributed by atoms with van der Waals surface area (Å²) in [6, 6.07) is 4.56. The smallest absolute Gasteiger partial charge is 0.316 e. The number of nitrogens with zero attached hydrogens (tertiary/aromatic N) is 2. The number of methoxy groups -OCH3 is 2. The maximum atomic E-state index is 11.0. The molecule has 0 aliphatic carbocycles. The second kappa shape index (κ2) is 4.66. The lowest BCUT2D eigenvalue weighted by atomic mass is 10.1. The highest BCUT2D eigenvalue weighted by Crippen LogP contribution is 2.40. The Bertz CT molecular complexity index is 630. The fourth-order valence-electron chi connectivity index (χ4n) is 1.70. The van der Waals surface area contributed by atoms with Crippen LogP contribution >= 0.6 is 11.6 Å². The molecule has 0 atom stereocenters. The van der Waals surface area contributed by atoms with Gasteiger partial charge >= 0.3 is 5.69 Å². The zero-order valence-electron chi connectivity index (χ0n) is 9.64. The first-order valence-electron chi connectivity index (χ1n) is 4.94. The van der Waals surface area contributed by atoms with Gasteiger partial charge in [-0.25, -0.2) is 4.98 Å². The van der Waals surface area contributed by atoms with E-state index in [1.165, 1.54) is 20.3 Å². The average molecular weight is 269 g/mol. The van der Waals surface area contributed by atoms with Gasteiger partial charge in [0, 0.05) is 5.39 Å². The fraction of sp³-hybridized carbons (Fsp3) is 0.182. The second-order valence-corrected chi connectivity index (χ2v) is 3.81. The molecule has 0 saturated heterocycles. The molecule has 2 rings (SSSR count). The SMILES string of the molecule is COc1cc([N+](=O)[O-])c(OC)c2nc(Cl)ccc12. The highest BCUT2D eigenvalue weighted by Gasteiger charge is 2.22. The number of fused-ring (bicyclic) bond motifs is 1. The van der Waals surface area contributed by atoms with Gasteiger partial charge in [0.15, 0.2) is 0 Å². The van der Waals surface area contributed by atoms with Crippen molar-refractivity contribution in [1.82, 2.24) is 4.98 Å². The maximum Gasteiger partial charge on any atom is 0.316 e. The van der Waals surface area contributed by atoms with Crippen LogP contribution in [-0.4, -0.2) is 24.1 Å². The number of aromatic nitrogens is 1. The lowest BCUT2D eigenvalue weighted by Crippen LogP contribution is -1.98. The van der Waals surface area contributed by atoms with E-state index in [4.69, 9.17) is 21.1 Å². The van der Waals surface area contributed by atoms with E-state index in [9.17, 15) is 10.1 Å². The Kier molecular flexibility index (Phi) is 3.20. The molecule has 1 aromatic carbocycles. The third kappa shape index (κ3) is 1.91. The highest BCUT2D eigenvalue weighted by molar-refractivity contribution is 6.29. The van der Waals surface area contributed by atoms with Crippen LogP contribution in [0.25, 0.3) is 10.9 Å². The number of hydrogen-bond acceptors (Lipinski definition) is 5. The van der Waals surface area contributed by atoms with Gasteiger partial charge in [0.1, 0.15) is 16.4 Å². The van der Waals surface area contributed by atoms with Crippen LogP contribution in [-0.2, 0) is 0 Å². The topological polar surface area (TPSA) is 74.5 Å². The van der Waals surface area contributed by atoms with Crippen molar-refractivity contribution < 1.29 is 14.4 Å². The minimum atomic E-state index is -0.552. The number of hydrogen-bond donors (Lipinski definition) is 0. The van der Waals surface area contributed by atoms with Gasteiger partial charge in [-0.05, 0) is 12.1 Å². The van der Waals surface area contributed by atoms with E-state index in [0.29, 0.717) is 16.7 Å². The molecule has 0 fully saturated rings. The van der Waals surface area contributed by atoms with E-state index in [0.717, 1.165) is 0 Å². The van der Waals surface area contributed by atoms with Crippen LogP contribution in [0.1, 0.15) is 0 Å². The molecule has 94 valence electrons. The molecule has 1 heterocycles. The largest absolute Gasteiger partial charge is 0.496 e. The Morgan fingerprint density at radius 1 is 1.33 bits per heavy atom. The van der Waals surface area contributed by atoms with Crippen LogP contribution < -0.4 is 9.47 Å². The maximum absolute atomic E-state index is 11.0. The molecule has 0 N–H and O–H groups in total. The number of benzene rings is 1. The predicted octanol–water partition coefficient (Wildman–Crippen LogP) is 2.81. The van der Waals surface area contributed by atoms with Gasteiger partial charge in [0.05, 0.1) is 25.2 Å². The molecule has 1 aromatic heterocycles. The van der Waals surface area contributed by atoms with E-state index in [2.05, 4.69) is 4.98 Å². The normalized spacial score (nSPS) is 10.4. The zero-order chi connectivity index (χ0) is 13.3. The number of pyridine rings is 1. The second-order valence-electron chi connectivity index (χ2n) is 3.42. The van der Waals surface area contributed by atoms with Crippen LogP contribution in [0.4, 0.5) is 5.69 Å². The predicted molar refractivity (Wildman–Crippen MR) is 66.5 cm³/mol. The average Bonchev–Trinajstić information content (AvgIpc) is 2.36. The van der Waals surface area contributed by atoms with E-state index in [1.807, 2.05) is 0 Å². The van der Waals surface area contributed by atoms with E-state index >= 15 is 0 Å². The molecule has 0 aliphatic rings. The number of nitro benzene ring substituents is 1. The quantitative estimate of drug-likeness (QED) is 0.486. The zero-order valence-corrected chi connectivity index (χ0v) is 10.4. The Labute approximate surface area is 107 Å². The van der Waals surface area contributed by atoms with Crippen molar-refractivity contribution >= 4 is 28.2 Å². The number of ether oxygens (including phenoxy) is 2. The summed E-state index contributed by atoms with van der Waals surface area (Å²) in [6.07, 6.45) is 0. The van der Waals surface area contributed by atoms with Crippen LogP contribution in [0.3, 0.4) is 0 Å². The van der Waals surface area contributed by atoms with Crippen LogP contribution in [0.15, 0.2) is 18.2 Å². The third-order valence-corrected chi connectivity index (χ3v) is 2.67. The summed E-state index contributed by atoms with van der Waals surface area (Å²) in [7, 11) is 2.77. The summed E-state index contributed by atoms with van der Waals surface area (Å²) in [5, 5.41) is 11.8. The van der Waals surface area contributed by atoms with Gasteiger partial charge in [0.2, 0.25) is 5.75 Å². The van der Waals surface area contributed by atoms with Gasteiger partial charge in [-0.3, -0.25) is 10.1 Å². The monoisotopic (exact) mass is 268 g/mol. The summed E-state index contributed by atoms with van der Waals surface area (Å²) in [6.45, 7) is 0. The van der Waals surface area contributed by atoms with Crippen molar-refractivity contribution in [1.29, 1.82) is 0 Å². The van der Waals surface area contributed by atoms with Gasteiger partial charge in [-0.1, -0.05) is 11.6 Å². The molecule has 7 heteroatoms. The highest BCUT2D eigenvalue weighted by atomic mass is 35.5. The third-order valence-electron chi connectivity index (χ3n) is 2.46. The molecule has 0 bridgehead atoms. The molecular weight excluding hydrogens is 260 g/mol. The van der Waals surface area contributed by atoms with E-state index in [1.54, 1.807) is 12.1 Å². The molecule has 6 nitrogen and oxygen atoms in total. The number of nitro groups is 1. The van der Waals surface area contributed by atoms with Crippen molar-refractivity contribution in [3.8, 4) is 11.5 Å². The molecule has 0 saturated carbocycles. The molecule has 0 spiro atoms. The van der Waals surface area contributed by atoms with Crippen molar-refractivity contribution in [2.45, 2.75) is 0 Å². The number of halogens is 1. The number of rotatable bonds is 3. The van der Waals surface area contributed by atoms with E-state index in [-0.39, 0.29) is 16.6 Å². The summed E-state index contributed by atoms with van der Waals surface area (Å²) in [5.74, 6) is 0.417. The molecular formula is C11H9ClN2O4. The lowest BCUT2D eigenvalue weighted by Gasteiger charge is -2.09. The summed E-state index contributed by atoms with van der Waals surface area (Å²) < 4.78 is 10.2. The molecule has 0 aliphatic heterocycles. The first-order chi connectivity index (χ1) is 8.58. The van der Waals surface area contributed by atoms with Gasteiger partial charge in [-0.15, -0.1) is 0 Å². The van der Waals surface area contributed by atoms with Gasteiger partial charge < -0.3 is 9.47 Å². The Hall–Kier alpha value is -2.08. The van der Waals surface area contributed by atoms with Crippen LogP contribution in [0.2, 0.25) is 5.15 Å². The summed E-state index contributed by atoms with van der Waals surface area (Å²) in [5.41, 5.74) is 0.0904. The molecule has 0 radical (unpaired) electrons. The van der Waals surface area contributed by atoms with Crippen molar-refractivity contribution in [3.63, 3.8) is 0 Å². The molecule has 0 amide bonds. The summed E-state index contributed by atoms with van der Waals surface area (Å²) in [4.78, 5) is 14.5.